The fourth-order valence-electron chi connectivity index (χ4n) is 8.01. The van der Waals surface area contributed by atoms with Gasteiger partial charge in [0.15, 0.2) is 12.6 Å². The first-order chi connectivity index (χ1) is 32.4. The molecule has 0 radical (unpaired) electrons. The van der Waals surface area contributed by atoms with Gasteiger partial charge in [0.25, 0.3) is 0 Å². The maximum Gasteiger partial charge on any atom is 0.343 e. The highest BCUT2D eigenvalue weighted by Gasteiger charge is 2.16. The second-order valence-corrected chi connectivity index (χ2v) is 18.0. The SMILES string of the molecule is COCCCCCCCCCCCCOC1CCCCO1.Cc1ccc(C(=O)Oc2ccc(OC(=O)c3ccc(OCCCCCCCCCCCOC4CCCCO4)cc3)c(C)c2)cc1. The number of ether oxygens (including phenoxy) is 8. The summed E-state index contributed by atoms with van der Waals surface area (Å²) in [5.74, 6) is 0.631. The van der Waals surface area contributed by atoms with Crippen molar-refractivity contribution in [2.45, 2.75) is 187 Å². The van der Waals surface area contributed by atoms with Crippen LogP contribution in [-0.2, 0) is 23.7 Å². The van der Waals surface area contributed by atoms with Crippen molar-refractivity contribution in [1.82, 2.24) is 0 Å². The summed E-state index contributed by atoms with van der Waals surface area (Å²) in [4.78, 5) is 25.1. The summed E-state index contributed by atoms with van der Waals surface area (Å²) < 4.78 is 44.7. The molecule has 0 saturated carbocycles. The number of aryl methyl sites for hydroxylation is 2. The number of hydrogen-bond acceptors (Lipinski definition) is 10. The molecule has 2 unspecified atom stereocenters. The fraction of sp³-hybridized carbons (Fsp3) is 0.643. The van der Waals surface area contributed by atoms with Crippen LogP contribution in [0.3, 0.4) is 0 Å². The van der Waals surface area contributed by atoms with Gasteiger partial charge in [-0.15, -0.1) is 0 Å². The zero-order valence-corrected chi connectivity index (χ0v) is 41.0. The second kappa shape index (κ2) is 35.4. The average molecular weight is 917 g/mol. The van der Waals surface area contributed by atoms with Crippen molar-refractivity contribution in [2.75, 3.05) is 46.8 Å². The van der Waals surface area contributed by atoms with Crippen LogP contribution in [0.5, 0.6) is 17.2 Å². The second-order valence-electron chi connectivity index (χ2n) is 18.0. The first kappa shape index (κ1) is 54.8. The monoisotopic (exact) mass is 917 g/mol. The van der Waals surface area contributed by atoms with Crippen LogP contribution in [-0.4, -0.2) is 71.3 Å². The highest BCUT2D eigenvalue weighted by molar-refractivity contribution is 5.92. The number of hydrogen-bond donors (Lipinski definition) is 0. The Morgan fingerprint density at radius 1 is 0.485 bits per heavy atom. The molecule has 2 aliphatic rings. The molecule has 3 aromatic carbocycles. The van der Waals surface area contributed by atoms with E-state index in [1.165, 1.54) is 128 Å². The van der Waals surface area contributed by atoms with Crippen LogP contribution in [0.25, 0.3) is 0 Å². The van der Waals surface area contributed by atoms with Crippen LogP contribution < -0.4 is 14.2 Å². The quantitative estimate of drug-likeness (QED) is 0.0341. The molecule has 3 aromatic rings. The molecule has 10 heteroatoms. The fourth-order valence-corrected chi connectivity index (χ4v) is 8.01. The van der Waals surface area contributed by atoms with Gasteiger partial charge < -0.3 is 37.9 Å². The Labute approximate surface area is 398 Å². The van der Waals surface area contributed by atoms with E-state index in [9.17, 15) is 9.59 Å². The Bertz CT molecular complexity index is 1680. The number of carbonyl (C=O) groups excluding carboxylic acids is 2. The van der Waals surface area contributed by atoms with E-state index in [0.29, 0.717) is 34.8 Å². The van der Waals surface area contributed by atoms with Crippen molar-refractivity contribution in [3.63, 3.8) is 0 Å². The molecule has 0 amide bonds. The standard InChI is InChI=1S/C38H48O7.C18H36O3/c1-29-15-17-31(18-16-29)37(39)44-34-23-24-35(30(2)28-34)45-38(40)32-19-21-33(22-20-32)41-25-11-8-6-4-3-5-7-9-12-26-42-36-14-10-13-27-43-36;1-19-15-11-8-6-4-2-3-5-7-9-12-16-20-18-14-10-13-17-21-18/h15-24,28,36H,3-14,25-27H2,1-2H3;18H,2-17H2,1H3. The lowest BCUT2D eigenvalue weighted by molar-refractivity contribution is -0.163. The summed E-state index contributed by atoms with van der Waals surface area (Å²) in [7, 11) is 1.78. The van der Waals surface area contributed by atoms with Gasteiger partial charge in [-0.05, 0) is 138 Å². The number of rotatable bonds is 32. The molecule has 5 rings (SSSR count). The topological polar surface area (TPSA) is 108 Å². The molecule has 0 aliphatic carbocycles. The van der Waals surface area contributed by atoms with E-state index in [-0.39, 0.29) is 12.6 Å². The van der Waals surface area contributed by atoms with Crippen molar-refractivity contribution in [3.05, 3.63) is 89.0 Å². The third-order valence-electron chi connectivity index (χ3n) is 12.1. The smallest absolute Gasteiger partial charge is 0.343 e. The normalized spacial score (nSPS) is 16.0. The molecule has 2 saturated heterocycles. The Morgan fingerprint density at radius 2 is 0.909 bits per heavy atom. The molecule has 0 aromatic heterocycles. The molecule has 2 fully saturated rings. The van der Waals surface area contributed by atoms with Crippen molar-refractivity contribution < 1.29 is 47.5 Å². The summed E-state index contributed by atoms with van der Waals surface area (Å²) >= 11 is 0. The predicted molar refractivity (Wildman–Crippen MR) is 263 cm³/mol. The Kier molecular flexibility index (Phi) is 29.4. The molecule has 2 aliphatic heterocycles. The van der Waals surface area contributed by atoms with Crippen LogP contribution in [0.1, 0.15) is 192 Å². The summed E-state index contributed by atoms with van der Waals surface area (Å²) in [6, 6.07) is 19.1. The lowest BCUT2D eigenvalue weighted by atomic mass is 10.1. The zero-order chi connectivity index (χ0) is 46.7. The van der Waals surface area contributed by atoms with Gasteiger partial charge in [-0.25, -0.2) is 9.59 Å². The van der Waals surface area contributed by atoms with E-state index in [1.54, 1.807) is 68.6 Å². The van der Waals surface area contributed by atoms with Crippen molar-refractivity contribution >= 4 is 11.9 Å². The van der Waals surface area contributed by atoms with Gasteiger partial charge in [-0.1, -0.05) is 114 Å². The summed E-state index contributed by atoms with van der Waals surface area (Å²) in [5, 5.41) is 0. The number of unbranched alkanes of at least 4 members (excludes halogenated alkanes) is 17. The molecular weight excluding hydrogens is 833 g/mol. The van der Waals surface area contributed by atoms with Crippen molar-refractivity contribution in [1.29, 1.82) is 0 Å². The van der Waals surface area contributed by atoms with Gasteiger partial charge in [0.2, 0.25) is 0 Å². The van der Waals surface area contributed by atoms with E-state index in [4.69, 9.17) is 37.9 Å². The molecule has 368 valence electrons. The number of esters is 2. The number of benzene rings is 3. The minimum absolute atomic E-state index is 0.0398. The molecule has 2 heterocycles. The highest BCUT2D eigenvalue weighted by atomic mass is 16.7. The summed E-state index contributed by atoms with van der Waals surface area (Å²) in [6.45, 7) is 8.78. The third-order valence-corrected chi connectivity index (χ3v) is 12.1. The molecule has 0 spiro atoms. The van der Waals surface area contributed by atoms with Gasteiger partial charge >= 0.3 is 11.9 Å². The van der Waals surface area contributed by atoms with Gasteiger partial charge in [-0.3, -0.25) is 0 Å². The Hall–Kier alpha value is -3.80. The Balaban J connectivity index is 0.000000380. The van der Waals surface area contributed by atoms with Gasteiger partial charge in [-0.2, -0.15) is 0 Å². The van der Waals surface area contributed by atoms with E-state index >= 15 is 0 Å². The van der Waals surface area contributed by atoms with Crippen LogP contribution in [0.15, 0.2) is 66.7 Å². The summed E-state index contributed by atoms with van der Waals surface area (Å²) in [6.07, 6.45) is 31.4. The molecule has 0 bridgehead atoms. The lowest BCUT2D eigenvalue weighted by Crippen LogP contribution is -2.22. The van der Waals surface area contributed by atoms with Gasteiger partial charge in [0.05, 0.1) is 17.7 Å². The van der Waals surface area contributed by atoms with E-state index in [2.05, 4.69) is 0 Å². The minimum Gasteiger partial charge on any atom is -0.494 e. The Morgan fingerprint density at radius 3 is 1.36 bits per heavy atom. The van der Waals surface area contributed by atoms with Gasteiger partial charge in [0.1, 0.15) is 17.2 Å². The minimum atomic E-state index is -0.462. The summed E-state index contributed by atoms with van der Waals surface area (Å²) in [5.41, 5.74) is 2.66. The maximum absolute atomic E-state index is 12.7. The molecular formula is C56H84O10. The predicted octanol–water partition coefficient (Wildman–Crippen LogP) is 14.3. The average Bonchev–Trinajstić information content (AvgIpc) is 3.34. The van der Waals surface area contributed by atoms with Crippen LogP contribution in [0, 0.1) is 13.8 Å². The van der Waals surface area contributed by atoms with Crippen LogP contribution >= 0.6 is 0 Å². The maximum atomic E-state index is 12.7. The lowest BCUT2D eigenvalue weighted by Gasteiger charge is -2.22. The molecule has 2 atom stereocenters. The highest BCUT2D eigenvalue weighted by Crippen LogP contribution is 2.26. The van der Waals surface area contributed by atoms with E-state index < -0.39 is 11.9 Å². The first-order valence-electron chi connectivity index (χ1n) is 25.7. The van der Waals surface area contributed by atoms with Crippen LogP contribution in [0.4, 0.5) is 0 Å². The zero-order valence-electron chi connectivity index (χ0n) is 41.0. The number of carbonyl (C=O) groups is 2. The van der Waals surface area contributed by atoms with Gasteiger partial charge in [0, 0.05) is 40.1 Å². The first-order valence-corrected chi connectivity index (χ1v) is 25.7. The third kappa shape index (κ3) is 24.8. The molecule has 0 N–H and O–H groups in total. The largest absolute Gasteiger partial charge is 0.494 e. The molecule has 66 heavy (non-hydrogen) atoms. The van der Waals surface area contributed by atoms with Crippen molar-refractivity contribution in [3.8, 4) is 17.2 Å². The van der Waals surface area contributed by atoms with Crippen LogP contribution in [0.2, 0.25) is 0 Å². The van der Waals surface area contributed by atoms with E-state index in [0.717, 1.165) is 76.5 Å². The molecule has 10 nitrogen and oxygen atoms in total. The van der Waals surface area contributed by atoms with E-state index in [1.807, 2.05) is 19.1 Å². The van der Waals surface area contributed by atoms with Crippen molar-refractivity contribution in [2.24, 2.45) is 0 Å². The number of methoxy groups -OCH3 is 1.